The van der Waals surface area contributed by atoms with E-state index in [1.54, 1.807) is 18.1 Å². The van der Waals surface area contributed by atoms with Gasteiger partial charge in [0.1, 0.15) is 5.82 Å². The molecule has 0 aliphatic heterocycles. The van der Waals surface area contributed by atoms with Crippen LogP contribution in [-0.2, 0) is 16.1 Å². The first kappa shape index (κ1) is 23.7. The number of hydrogen-bond acceptors (Lipinski definition) is 4. The van der Waals surface area contributed by atoms with Crippen molar-refractivity contribution in [2.24, 2.45) is 5.92 Å². The number of hydrogen-bond donors (Lipinski definition) is 1. The minimum atomic E-state index is -0.451. The van der Waals surface area contributed by atoms with E-state index in [2.05, 4.69) is 5.32 Å². The minimum absolute atomic E-state index is 0.0538. The molecular weight excluding hydrogens is 409 g/mol. The van der Waals surface area contributed by atoms with E-state index < -0.39 is 5.82 Å². The topological polar surface area (TPSA) is 61.9 Å². The van der Waals surface area contributed by atoms with Crippen molar-refractivity contribution in [3.63, 3.8) is 0 Å². The van der Waals surface area contributed by atoms with Gasteiger partial charge in [0.25, 0.3) is 5.91 Å². The average molecular weight is 442 g/mol. The SMILES string of the molecule is COCCN(Cc1cc(NC(=O)C2CCCC2)ccc1N(C)C)C(=O)c1cccc(F)c1. The van der Waals surface area contributed by atoms with Crippen LogP contribution in [0.1, 0.15) is 41.6 Å². The van der Waals surface area contributed by atoms with Gasteiger partial charge in [-0.3, -0.25) is 9.59 Å². The molecule has 32 heavy (non-hydrogen) atoms. The molecule has 3 rings (SSSR count). The van der Waals surface area contributed by atoms with Gasteiger partial charge < -0.3 is 19.9 Å². The number of rotatable bonds is 9. The van der Waals surface area contributed by atoms with Gasteiger partial charge in [-0.2, -0.15) is 0 Å². The molecule has 0 spiro atoms. The molecule has 2 aromatic rings. The summed E-state index contributed by atoms with van der Waals surface area (Å²) in [7, 11) is 5.45. The fraction of sp³-hybridized carbons (Fsp3) is 0.440. The fourth-order valence-electron chi connectivity index (χ4n) is 4.12. The lowest BCUT2D eigenvalue weighted by Gasteiger charge is -2.26. The normalized spacial score (nSPS) is 13.8. The second kappa shape index (κ2) is 11.1. The molecular formula is C25H32FN3O3. The molecule has 1 aliphatic rings. The van der Waals surface area contributed by atoms with Crippen molar-refractivity contribution in [3.8, 4) is 0 Å². The lowest BCUT2D eigenvalue weighted by atomic mass is 10.1. The number of carbonyl (C=O) groups is 2. The lowest BCUT2D eigenvalue weighted by molar-refractivity contribution is -0.119. The highest BCUT2D eigenvalue weighted by molar-refractivity contribution is 5.95. The van der Waals surface area contributed by atoms with E-state index in [0.29, 0.717) is 25.4 Å². The summed E-state index contributed by atoms with van der Waals surface area (Å²) in [6.07, 6.45) is 4.06. The van der Waals surface area contributed by atoms with Crippen LogP contribution in [-0.4, -0.2) is 51.1 Å². The number of carbonyl (C=O) groups excluding carboxylic acids is 2. The molecule has 0 radical (unpaired) electrons. The molecule has 0 unspecified atom stereocenters. The first-order valence-corrected chi connectivity index (χ1v) is 11.0. The third-order valence-electron chi connectivity index (χ3n) is 5.84. The summed E-state index contributed by atoms with van der Waals surface area (Å²) in [6.45, 7) is 1.02. The highest BCUT2D eigenvalue weighted by atomic mass is 19.1. The predicted octanol–water partition coefficient (Wildman–Crippen LogP) is 4.31. The van der Waals surface area contributed by atoms with Crippen LogP contribution >= 0.6 is 0 Å². The predicted molar refractivity (Wildman–Crippen MR) is 124 cm³/mol. The number of amides is 2. The Hall–Kier alpha value is -2.93. The third kappa shape index (κ3) is 6.07. The Morgan fingerprint density at radius 1 is 1.12 bits per heavy atom. The van der Waals surface area contributed by atoms with Crippen LogP contribution in [0.25, 0.3) is 0 Å². The lowest BCUT2D eigenvalue weighted by Crippen LogP contribution is -2.34. The molecule has 0 saturated heterocycles. The molecule has 2 amide bonds. The molecule has 0 bridgehead atoms. The van der Waals surface area contributed by atoms with Crippen LogP contribution in [0, 0.1) is 11.7 Å². The van der Waals surface area contributed by atoms with Crippen LogP contribution in [0.15, 0.2) is 42.5 Å². The Labute approximate surface area is 189 Å². The van der Waals surface area contributed by atoms with Gasteiger partial charge in [-0.05, 0) is 54.8 Å². The van der Waals surface area contributed by atoms with Crippen LogP contribution < -0.4 is 10.2 Å². The highest BCUT2D eigenvalue weighted by Gasteiger charge is 2.23. The highest BCUT2D eigenvalue weighted by Crippen LogP contribution is 2.28. The number of anilines is 2. The van der Waals surface area contributed by atoms with E-state index in [-0.39, 0.29) is 23.3 Å². The van der Waals surface area contributed by atoms with Crippen molar-refractivity contribution in [2.75, 3.05) is 44.6 Å². The molecule has 1 fully saturated rings. The number of methoxy groups -OCH3 is 1. The van der Waals surface area contributed by atoms with Crippen molar-refractivity contribution >= 4 is 23.2 Å². The molecule has 172 valence electrons. The molecule has 1 saturated carbocycles. The fourth-order valence-corrected chi connectivity index (χ4v) is 4.12. The number of nitrogens with one attached hydrogen (secondary N) is 1. The number of benzene rings is 2. The largest absolute Gasteiger partial charge is 0.383 e. The first-order valence-electron chi connectivity index (χ1n) is 11.0. The van der Waals surface area contributed by atoms with Gasteiger partial charge in [-0.1, -0.05) is 18.9 Å². The van der Waals surface area contributed by atoms with Crippen molar-refractivity contribution in [3.05, 3.63) is 59.4 Å². The Balaban J connectivity index is 1.85. The van der Waals surface area contributed by atoms with Crippen molar-refractivity contribution in [2.45, 2.75) is 32.2 Å². The van der Waals surface area contributed by atoms with Gasteiger partial charge >= 0.3 is 0 Å². The molecule has 2 aromatic carbocycles. The maximum Gasteiger partial charge on any atom is 0.254 e. The summed E-state index contributed by atoms with van der Waals surface area (Å²) in [5, 5.41) is 3.04. The summed E-state index contributed by atoms with van der Waals surface area (Å²) < 4.78 is 18.9. The monoisotopic (exact) mass is 441 g/mol. The number of ether oxygens (including phenoxy) is 1. The van der Waals surface area contributed by atoms with Gasteiger partial charge in [0.05, 0.1) is 6.61 Å². The van der Waals surface area contributed by atoms with Crippen LogP contribution in [0.3, 0.4) is 0 Å². The van der Waals surface area contributed by atoms with Crippen molar-refractivity contribution in [1.82, 2.24) is 4.90 Å². The summed E-state index contributed by atoms with van der Waals surface area (Å²) in [5.41, 5.74) is 2.84. The van der Waals surface area contributed by atoms with Gasteiger partial charge in [0.15, 0.2) is 0 Å². The van der Waals surface area contributed by atoms with Gasteiger partial charge in [-0.15, -0.1) is 0 Å². The second-order valence-corrected chi connectivity index (χ2v) is 8.44. The zero-order valence-electron chi connectivity index (χ0n) is 19.1. The quantitative estimate of drug-likeness (QED) is 0.630. The standard InChI is InChI=1S/C25H32FN3O3/c1-28(2)23-12-11-22(27-24(30)18-7-4-5-8-18)16-20(23)17-29(13-14-32-3)25(31)19-9-6-10-21(26)15-19/h6,9-12,15-16,18H,4-5,7-8,13-14,17H2,1-3H3,(H,27,30). The van der Waals surface area contributed by atoms with Crippen molar-refractivity contribution in [1.29, 1.82) is 0 Å². The van der Waals surface area contributed by atoms with E-state index in [0.717, 1.165) is 36.9 Å². The van der Waals surface area contributed by atoms with E-state index >= 15 is 0 Å². The van der Waals surface area contributed by atoms with Crippen LogP contribution in [0.4, 0.5) is 15.8 Å². The first-order chi connectivity index (χ1) is 15.4. The summed E-state index contributed by atoms with van der Waals surface area (Å²) in [4.78, 5) is 29.4. The number of halogens is 1. The van der Waals surface area contributed by atoms with Gasteiger partial charge in [-0.25, -0.2) is 4.39 Å². The molecule has 1 aliphatic carbocycles. The maximum absolute atomic E-state index is 13.7. The van der Waals surface area contributed by atoms with Gasteiger partial charge in [0.2, 0.25) is 5.91 Å². The Bertz CT molecular complexity index is 942. The average Bonchev–Trinajstić information content (AvgIpc) is 3.31. The summed E-state index contributed by atoms with van der Waals surface area (Å²) in [5.74, 6) is -0.599. The second-order valence-electron chi connectivity index (χ2n) is 8.44. The maximum atomic E-state index is 13.7. The van der Waals surface area contributed by atoms with Crippen molar-refractivity contribution < 1.29 is 18.7 Å². The molecule has 0 heterocycles. The molecule has 6 nitrogen and oxygen atoms in total. The Morgan fingerprint density at radius 2 is 1.88 bits per heavy atom. The minimum Gasteiger partial charge on any atom is -0.383 e. The third-order valence-corrected chi connectivity index (χ3v) is 5.84. The Kier molecular flexibility index (Phi) is 8.22. The number of nitrogens with zero attached hydrogens (tertiary/aromatic N) is 2. The zero-order chi connectivity index (χ0) is 23.1. The molecule has 1 N–H and O–H groups in total. The molecule has 7 heteroatoms. The van der Waals surface area contributed by atoms with E-state index in [4.69, 9.17) is 4.74 Å². The van der Waals surface area contributed by atoms with E-state index in [1.807, 2.05) is 37.2 Å². The zero-order valence-corrected chi connectivity index (χ0v) is 19.1. The van der Waals surface area contributed by atoms with Crippen LogP contribution in [0.5, 0.6) is 0 Å². The summed E-state index contributed by atoms with van der Waals surface area (Å²) in [6, 6.07) is 11.4. The molecule has 0 aromatic heterocycles. The molecule has 0 atom stereocenters. The summed E-state index contributed by atoms with van der Waals surface area (Å²) >= 11 is 0. The van der Waals surface area contributed by atoms with Gasteiger partial charge in [0, 0.05) is 57.2 Å². The van der Waals surface area contributed by atoms with E-state index in [9.17, 15) is 14.0 Å². The Morgan fingerprint density at radius 3 is 2.53 bits per heavy atom. The smallest absolute Gasteiger partial charge is 0.254 e. The van der Waals surface area contributed by atoms with E-state index in [1.165, 1.54) is 18.2 Å². The van der Waals surface area contributed by atoms with Crippen LogP contribution in [0.2, 0.25) is 0 Å².